The minimum atomic E-state index is -3.50. The van der Waals surface area contributed by atoms with Gasteiger partial charge in [-0.1, -0.05) is 0 Å². The molecule has 0 saturated heterocycles. The summed E-state index contributed by atoms with van der Waals surface area (Å²) in [6.07, 6.45) is 0. The molecule has 2 aromatic carbocycles. The molecule has 1 N–H and O–H groups in total. The number of hydrogen-bond donors (Lipinski definition) is 1. The zero-order valence-corrected chi connectivity index (χ0v) is 16.0. The van der Waals surface area contributed by atoms with E-state index in [0.29, 0.717) is 28.0 Å². The molecule has 0 fully saturated rings. The Morgan fingerprint density at radius 1 is 1.11 bits per heavy atom. The molecule has 1 aromatic heterocycles. The second-order valence-electron chi connectivity index (χ2n) is 6.09. The van der Waals surface area contributed by atoms with Gasteiger partial charge in [0.1, 0.15) is 23.7 Å². The van der Waals surface area contributed by atoms with Crippen molar-refractivity contribution >= 4 is 26.9 Å². The number of amides is 1. The zero-order chi connectivity index (χ0) is 19.6. The van der Waals surface area contributed by atoms with Crippen LogP contribution in [0.4, 0.5) is 0 Å². The Labute approximate surface area is 157 Å². The molecule has 142 valence electrons. The average molecular weight is 388 g/mol. The van der Waals surface area contributed by atoms with E-state index in [1.165, 1.54) is 24.5 Å². The Morgan fingerprint density at radius 3 is 2.44 bits per heavy atom. The maximum atomic E-state index is 12.2. The summed E-state index contributed by atoms with van der Waals surface area (Å²) in [6, 6.07) is 13.2. The maximum Gasteiger partial charge on any atom is 0.251 e. The Balaban J connectivity index is 1.75. The van der Waals surface area contributed by atoms with E-state index < -0.39 is 10.0 Å². The lowest BCUT2D eigenvalue weighted by molar-refractivity contribution is 0.0963. The maximum absolute atomic E-state index is 12.2. The van der Waals surface area contributed by atoms with Crippen LogP contribution < -0.4 is 10.1 Å². The number of carbonyl (C=O) groups is 1. The average Bonchev–Trinajstić information content (AvgIpc) is 3.08. The number of sulfonamides is 1. The second-order valence-corrected chi connectivity index (χ2v) is 8.24. The number of hydrogen-bond acceptors (Lipinski definition) is 5. The van der Waals surface area contributed by atoms with Crippen molar-refractivity contribution in [3.05, 3.63) is 59.9 Å². The zero-order valence-electron chi connectivity index (χ0n) is 15.2. The number of nitrogens with zero attached hydrogens (tertiary/aromatic N) is 1. The SMILES string of the molecule is CNC(=O)c1ccc(OCc2cc3cc(S(=O)(=O)N(C)C)ccc3o2)cc1. The standard InChI is InChI=1S/C19H20N2O5S/c1-20-19(22)13-4-6-15(7-5-13)25-12-16-10-14-11-17(8-9-18(14)26-16)27(23,24)21(2)3/h4-11H,12H2,1-3H3,(H,20,22). The highest BCUT2D eigenvalue weighted by Crippen LogP contribution is 2.25. The van der Waals surface area contributed by atoms with Crippen LogP contribution in [0.25, 0.3) is 11.0 Å². The van der Waals surface area contributed by atoms with Gasteiger partial charge in [-0.05, 0) is 48.5 Å². The number of carbonyl (C=O) groups excluding carboxylic acids is 1. The van der Waals surface area contributed by atoms with E-state index in [9.17, 15) is 13.2 Å². The van der Waals surface area contributed by atoms with Gasteiger partial charge in [0.2, 0.25) is 10.0 Å². The molecule has 1 heterocycles. The molecule has 0 bridgehead atoms. The highest BCUT2D eigenvalue weighted by molar-refractivity contribution is 7.89. The molecule has 0 radical (unpaired) electrons. The van der Waals surface area contributed by atoms with Crippen molar-refractivity contribution in [3.8, 4) is 5.75 Å². The minimum absolute atomic E-state index is 0.165. The number of benzene rings is 2. The van der Waals surface area contributed by atoms with E-state index in [1.807, 2.05) is 0 Å². The van der Waals surface area contributed by atoms with Gasteiger partial charge in [0.15, 0.2) is 0 Å². The molecule has 3 rings (SSSR count). The predicted octanol–water partition coefficient (Wildman–Crippen LogP) is 2.62. The van der Waals surface area contributed by atoms with Gasteiger partial charge in [-0.25, -0.2) is 12.7 Å². The third kappa shape index (κ3) is 3.96. The largest absolute Gasteiger partial charge is 0.486 e. The van der Waals surface area contributed by atoms with Crippen LogP contribution in [0.2, 0.25) is 0 Å². The van der Waals surface area contributed by atoms with Gasteiger partial charge in [0.25, 0.3) is 5.91 Å². The Hall–Kier alpha value is -2.84. The fourth-order valence-corrected chi connectivity index (χ4v) is 3.46. The summed E-state index contributed by atoms with van der Waals surface area (Å²) in [4.78, 5) is 11.7. The lowest BCUT2D eigenvalue weighted by Gasteiger charge is -2.10. The highest BCUT2D eigenvalue weighted by Gasteiger charge is 2.18. The van der Waals surface area contributed by atoms with Gasteiger partial charge in [0.05, 0.1) is 4.90 Å². The van der Waals surface area contributed by atoms with Crippen molar-refractivity contribution in [3.63, 3.8) is 0 Å². The lowest BCUT2D eigenvalue weighted by atomic mass is 10.2. The smallest absolute Gasteiger partial charge is 0.251 e. The molecule has 27 heavy (non-hydrogen) atoms. The van der Waals surface area contributed by atoms with Crippen molar-refractivity contribution < 1.29 is 22.4 Å². The van der Waals surface area contributed by atoms with Gasteiger partial charge in [-0.15, -0.1) is 0 Å². The molecule has 3 aromatic rings. The van der Waals surface area contributed by atoms with Gasteiger partial charge in [-0.2, -0.15) is 0 Å². The molecule has 0 unspecified atom stereocenters. The van der Waals surface area contributed by atoms with E-state index in [-0.39, 0.29) is 17.4 Å². The normalized spacial score (nSPS) is 11.7. The molecule has 0 saturated carbocycles. The van der Waals surface area contributed by atoms with E-state index >= 15 is 0 Å². The van der Waals surface area contributed by atoms with Crippen LogP contribution in [0.3, 0.4) is 0 Å². The molecule has 0 aliphatic heterocycles. The van der Waals surface area contributed by atoms with Crippen LogP contribution >= 0.6 is 0 Å². The number of fused-ring (bicyclic) bond motifs is 1. The van der Waals surface area contributed by atoms with Crippen molar-refractivity contribution in [1.29, 1.82) is 0 Å². The summed E-state index contributed by atoms with van der Waals surface area (Å²) in [5, 5.41) is 3.24. The van der Waals surface area contributed by atoms with Crippen LogP contribution in [-0.2, 0) is 16.6 Å². The van der Waals surface area contributed by atoms with Gasteiger partial charge in [-0.3, -0.25) is 4.79 Å². The first kappa shape index (κ1) is 18.9. The van der Waals surface area contributed by atoms with Crippen LogP contribution in [-0.4, -0.2) is 39.8 Å². The van der Waals surface area contributed by atoms with E-state index in [1.54, 1.807) is 49.5 Å². The first-order valence-corrected chi connectivity index (χ1v) is 9.65. The first-order chi connectivity index (χ1) is 12.8. The predicted molar refractivity (Wildman–Crippen MR) is 101 cm³/mol. The molecule has 7 nitrogen and oxygen atoms in total. The molecule has 0 aliphatic rings. The molecule has 8 heteroatoms. The molecule has 0 atom stereocenters. The van der Waals surface area contributed by atoms with Crippen molar-refractivity contribution in [2.75, 3.05) is 21.1 Å². The fourth-order valence-electron chi connectivity index (χ4n) is 2.52. The quantitative estimate of drug-likeness (QED) is 0.701. The topological polar surface area (TPSA) is 88.8 Å². The lowest BCUT2D eigenvalue weighted by Crippen LogP contribution is -2.22. The number of rotatable bonds is 6. The molecule has 0 spiro atoms. The molecular formula is C19H20N2O5S. The Bertz CT molecular complexity index is 1070. The van der Waals surface area contributed by atoms with Crippen LogP contribution in [0, 0.1) is 0 Å². The summed E-state index contributed by atoms with van der Waals surface area (Å²) in [5.41, 5.74) is 1.13. The Morgan fingerprint density at radius 2 is 1.81 bits per heavy atom. The Kier molecular flexibility index (Phi) is 5.20. The van der Waals surface area contributed by atoms with Crippen LogP contribution in [0.5, 0.6) is 5.75 Å². The van der Waals surface area contributed by atoms with Crippen LogP contribution in [0.15, 0.2) is 57.8 Å². The summed E-state index contributed by atoms with van der Waals surface area (Å²) >= 11 is 0. The van der Waals surface area contributed by atoms with Crippen molar-refractivity contribution in [2.45, 2.75) is 11.5 Å². The third-order valence-corrected chi connectivity index (χ3v) is 5.85. The fraction of sp³-hybridized carbons (Fsp3) is 0.211. The number of ether oxygens (including phenoxy) is 1. The second kappa shape index (κ2) is 7.42. The third-order valence-electron chi connectivity index (χ3n) is 4.04. The van der Waals surface area contributed by atoms with Crippen LogP contribution in [0.1, 0.15) is 16.1 Å². The summed E-state index contributed by atoms with van der Waals surface area (Å²) in [7, 11) is 1.05. The molecular weight excluding hydrogens is 368 g/mol. The number of nitrogens with one attached hydrogen (secondary N) is 1. The summed E-state index contributed by atoms with van der Waals surface area (Å²) in [5.74, 6) is 1.00. The minimum Gasteiger partial charge on any atom is -0.486 e. The van der Waals surface area contributed by atoms with E-state index in [0.717, 1.165) is 0 Å². The van der Waals surface area contributed by atoms with E-state index in [2.05, 4.69) is 5.32 Å². The summed E-state index contributed by atoms with van der Waals surface area (Å²) < 4.78 is 37.0. The highest BCUT2D eigenvalue weighted by atomic mass is 32.2. The monoisotopic (exact) mass is 388 g/mol. The van der Waals surface area contributed by atoms with Crippen molar-refractivity contribution in [1.82, 2.24) is 9.62 Å². The van der Waals surface area contributed by atoms with E-state index in [4.69, 9.17) is 9.15 Å². The molecule has 0 aliphatic carbocycles. The van der Waals surface area contributed by atoms with Gasteiger partial charge >= 0.3 is 0 Å². The molecule has 1 amide bonds. The van der Waals surface area contributed by atoms with Crippen molar-refractivity contribution in [2.24, 2.45) is 0 Å². The number of furan rings is 1. The first-order valence-electron chi connectivity index (χ1n) is 8.21. The van der Waals surface area contributed by atoms with Gasteiger partial charge < -0.3 is 14.5 Å². The summed E-state index contributed by atoms with van der Waals surface area (Å²) in [6.45, 7) is 0.184. The van der Waals surface area contributed by atoms with Gasteiger partial charge in [0, 0.05) is 32.1 Å².